The largest absolute Gasteiger partial charge is 0.352 e. The number of aromatic nitrogens is 4. The molecule has 7 nitrogen and oxygen atoms in total. The van der Waals surface area contributed by atoms with Crippen LogP contribution in [0.3, 0.4) is 0 Å². The van der Waals surface area contributed by atoms with E-state index >= 15 is 0 Å². The van der Waals surface area contributed by atoms with Crippen LogP contribution in [0.25, 0.3) is 0 Å². The van der Waals surface area contributed by atoms with Crippen molar-refractivity contribution in [1.29, 1.82) is 0 Å². The third-order valence-electron chi connectivity index (χ3n) is 4.96. The van der Waals surface area contributed by atoms with E-state index in [1.54, 1.807) is 19.6 Å². The molecule has 0 atom stereocenters. The molecular weight excluding hydrogens is 304 g/mol. The molecule has 0 amide bonds. The fourth-order valence-corrected chi connectivity index (χ4v) is 3.09. The first-order valence-corrected chi connectivity index (χ1v) is 8.40. The lowest BCUT2D eigenvalue weighted by molar-refractivity contribution is 0.195. The third kappa shape index (κ3) is 2.91. The van der Waals surface area contributed by atoms with Gasteiger partial charge in [0, 0.05) is 50.4 Å². The van der Waals surface area contributed by atoms with Crippen LogP contribution in [-0.4, -0.2) is 50.8 Å². The summed E-state index contributed by atoms with van der Waals surface area (Å²) in [4.78, 5) is 20.6. The Hall–Kier alpha value is -2.28. The molecule has 1 aliphatic carbocycles. The maximum Gasteiger partial charge on any atom is 0.257 e. The zero-order chi connectivity index (χ0) is 16.7. The molecule has 1 saturated carbocycles. The second-order valence-electron chi connectivity index (χ2n) is 6.90. The van der Waals surface area contributed by atoms with Crippen LogP contribution in [-0.2, 0) is 13.6 Å². The van der Waals surface area contributed by atoms with Gasteiger partial charge in [0.1, 0.15) is 0 Å². The molecule has 2 aromatic heterocycles. The van der Waals surface area contributed by atoms with E-state index in [1.807, 2.05) is 0 Å². The van der Waals surface area contributed by atoms with E-state index in [1.165, 1.54) is 17.4 Å². The van der Waals surface area contributed by atoms with Crippen molar-refractivity contribution < 1.29 is 0 Å². The third-order valence-corrected chi connectivity index (χ3v) is 4.96. The van der Waals surface area contributed by atoms with E-state index in [4.69, 9.17) is 0 Å². The summed E-state index contributed by atoms with van der Waals surface area (Å²) in [7, 11) is 3.78. The summed E-state index contributed by atoms with van der Waals surface area (Å²) < 4.78 is 1.52. The highest BCUT2D eigenvalue weighted by atomic mass is 16.1. The van der Waals surface area contributed by atoms with Crippen molar-refractivity contribution in [2.24, 2.45) is 7.05 Å². The van der Waals surface area contributed by atoms with Crippen LogP contribution in [0.4, 0.5) is 5.82 Å². The average molecular weight is 326 g/mol. The van der Waals surface area contributed by atoms with E-state index in [2.05, 4.69) is 44.2 Å². The molecule has 24 heavy (non-hydrogen) atoms. The fourth-order valence-electron chi connectivity index (χ4n) is 3.09. The second kappa shape index (κ2) is 5.98. The van der Waals surface area contributed by atoms with Crippen molar-refractivity contribution in [3.63, 3.8) is 0 Å². The van der Waals surface area contributed by atoms with Gasteiger partial charge >= 0.3 is 0 Å². The van der Waals surface area contributed by atoms with Gasteiger partial charge in [-0.3, -0.25) is 9.69 Å². The van der Waals surface area contributed by atoms with E-state index < -0.39 is 0 Å². The molecule has 126 valence electrons. The highest BCUT2D eigenvalue weighted by Gasteiger charge is 2.32. The Kier molecular flexibility index (Phi) is 3.80. The molecule has 1 saturated heterocycles. The number of anilines is 1. The van der Waals surface area contributed by atoms with Gasteiger partial charge in [-0.1, -0.05) is 0 Å². The molecule has 0 N–H and O–H groups in total. The van der Waals surface area contributed by atoms with Crippen LogP contribution in [0.1, 0.15) is 30.0 Å². The van der Waals surface area contributed by atoms with Gasteiger partial charge in [0.25, 0.3) is 5.56 Å². The van der Waals surface area contributed by atoms with E-state index in [0.29, 0.717) is 18.5 Å². The highest BCUT2D eigenvalue weighted by molar-refractivity contribution is 5.42. The maximum atomic E-state index is 12.1. The summed E-state index contributed by atoms with van der Waals surface area (Å²) in [5.41, 5.74) is 1.88. The van der Waals surface area contributed by atoms with E-state index in [0.717, 1.165) is 30.2 Å². The summed E-state index contributed by atoms with van der Waals surface area (Å²) in [5, 5.41) is 8.70. The van der Waals surface area contributed by atoms with Gasteiger partial charge in [-0.25, -0.2) is 4.98 Å². The zero-order valence-corrected chi connectivity index (χ0v) is 14.1. The standard InChI is InChI=1S/C17H22N6O/c1-21(8-13-7-18-11-22(2)17(13)24)14-9-23(10-14)16-6-5-15(19-20-16)12-3-4-12/h5-7,11-12,14H,3-4,8-10H2,1-2H3. The van der Waals surface area contributed by atoms with Gasteiger partial charge in [-0.05, 0) is 32.0 Å². The van der Waals surface area contributed by atoms with Crippen LogP contribution in [0.15, 0.2) is 29.5 Å². The van der Waals surface area contributed by atoms with Gasteiger partial charge in [-0.15, -0.1) is 5.10 Å². The molecule has 0 unspecified atom stereocenters. The Morgan fingerprint density at radius 2 is 2.04 bits per heavy atom. The Morgan fingerprint density at radius 3 is 2.71 bits per heavy atom. The van der Waals surface area contributed by atoms with Gasteiger partial charge in [0.2, 0.25) is 0 Å². The average Bonchev–Trinajstić information content (AvgIpc) is 3.36. The molecular formula is C17H22N6O. The summed E-state index contributed by atoms with van der Waals surface area (Å²) in [6.07, 6.45) is 5.70. The van der Waals surface area contributed by atoms with Crippen molar-refractivity contribution in [2.75, 3.05) is 25.0 Å². The number of hydrogen-bond acceptors (Lipinski definition) is 6. The van der Waals surface area contributed by atoms with Crippen LogP contribution < -0.4 is 10.5 Å². The Morgan fingerprint density at radius 1 is 1.25 bits per heavy atom. The number of hydrogen-bond donors (Lipinski definition) is 0. The van der Waals surface area contributed by atoms with Crippen molar-refractivity contribution in [3.8, 4) is 0 Å². The maximum absolute atomic E-state index is 12.1. The van der Waals surface area contributed by atoms with Crippen LogP contribution in [0, 0.1) is 0 Å². The predicted octanol–water partition coefficient (Wildman–Crippen LogP) is 0.768. The molecule has 0 aromatic carbocycles. The lowest BCUT2D eigenvalue weighted by Gasteiger charge is -2.44. The van der Waals surface area contributed by atoms with Crippen molar-refractivity contribution in [2.45, 2.75) is 31.3 Å². The molecule has 2 aromatic rings. The molecule has 0 spiro atoms. The predicted molar refractivity (Wildman–Crippen MR) is 91.0 cm³/mol. The molecule has 3 heterocycles. The van der Waals surface area contributed by atoms with E-state index in [-0.39, 0.29) is 5.56 Å². The topological polar surface area (TPSA) is 67.2 Å². The Labute approximate surface area is 140 Å². The zero-order valence-electron chi connectivity index (χ0n) is 14.1. The van der Waals surface area contributed by atoms with Crippen LogP contribution in [0.5, 0.6) is 0 Å². The summed E-state index contributed by atoms with van der Waals surface area (Å²) in [6, 6.07) is 4.60. The number of nitrogens with zero attached hydrogens (tertiary/aromatic N) is 6. The number of likely N-dealkylation sites (N-methyl/N-ethyl adjacent to an activating group) is 1. The van der Waals surface area contributed by atoms with Crippen molar-refractivity contribution in [1.82, 2.24) is 24.6 Å². The second-order valence-corrected chi connectivity index (χ2v) is 6.90. The van der Waals surface area contributed by atoms with Gasteiger partial charge < -0.3 is 9.47 Å². The number of aryl methyl sites for hydroxylation is 1. The normalized spacial score (nSPS) is 18.0. The fraction of sp³-hybridized carbons (Fsp3) is 0.529. The van der Waals surface area contributed by atoms with E-state index in [9.17, 15) is 4.79 Å². The molecule has 7 heteroatoms. The van der Waals surface area contributed by atoms with Gasteiger partial charge in [0.05, 0.1) is 12.0 Å². The van der Waals surface area contributed by atoms with Gasteiger partial charge in [-0.2, -0.15) is 5.10 Å². The first-order valence-electron chi connectivity index (χ1n) is 8.40. The molecule has 2 fully saturated rings. The summed E-state index contributed by atoms with van der Waals surface area (Å²) >= 11 is 0. The smallest absolute Gasteiger partial charge is 0.257 e. The van der Waals surface area contributed by atoms with Gasteiger partial charge in [0.15, 0.2) is 5.82 Å². The molecule has 0 bridgehead atoms. The molecule has 4 rings (SSSR count). The molecule has 0 radical (unpaired) electrons. The lowest BCUT2D eigenvalue weighted by atomic mass is 10.1. The van der Waals surface area contributed by atoms with Crippen LogP contribution in [0.2, 0.25) is 0 Å². The highest BCUT2D eigenvalue weighted by Crippen LogP contribution is 2.38. The van der Waals surface area contributed by atoms with Crippen molar-refractivity contribution >= 4 is 5.82 Å². The first kappa shape index (κ1) is 15.3. The minimum Gasteiger partial charge on any atom is -0.352 e. The summed E-state index contributed by atoms with van der Waals surface area (Å²) in [5.74, 6) is 1.59. The molecule has 1 aliphatic heterocycles. The summed E-state index contributed by atoms with van der Waals surface area (Å²) in [6.45, 7) is 2.44. The SMILES string of the molecule is CN(Cc1cncn(C)c1=O)C1CN(c2ccc(C3CC3)nn2)C1. The van der Waals surface area contributed by atoms with Crippen molar-refractivity contribution in [3.05, 3.63) is 46.3 Å². The quantitative estimate of drug-likeness (QED) is 0.808. The Bertz CT molecular complexity index is 776. The monoisotopic (exact) mass is 326 g/mol. The lowest BCUT2D eigenvalue weighted by Crippen LogP contribution is -2.58. The minimum atomic E-state index is 0.0227. The Balaban J connectivity index is 1.34. The molecule has 2 aliphatic rings. The van der Waals surface area contributed by atoms with Crippen LogP contribution >= 0.6 is 0 Å². The first-order chi connectivity index (χ1) is 11.6. The number of rotatable bonds is 5. The minimum absolute atomic E-state index is 0.0227.